The molecule has 20 heavy (non-hydrogen) atoms. The molecule has 2 rings (SSSR count). The van der Waals surface area contributed by atoms with Crippen LogP contribution in [0.2, 0.25) is 0 Å². The molecule has 2 heteroatoms. The number of aliphatic hydroxyl groups is 1. The van der Waals surface area contributed by atoms with Crippen LogP contribution in [0.3, 0.4) is 0 Å². The summed E-state index contributed by atoms with van der Waals surface area (Å²) >= 11 is 0. The molecule has 1 aliphatic rings. The fraction of sp³-hybridized carbons (Fsp3) is 0.667. The number of aliphatic hydroxyl groups excluding tert-OH is 1. The van der Waals surface area contributed by atoms with Crippen molar-refractivity contribution in [2.75, 3.05) is 6.54 Å². The minimum Gasteiger partial charge on any atom is -0.387 e. The highest BCUT2D eigenvalue weighted by atomic mass is 16.3. The number of hydrogen-bond donors (Lipinski definition) is 2. The first-order valence-corrected chi connectivity index (χ1v) is 7.90. The summed E-state index contributed by atoms with van der Waals surface area (Å²) in [7, 11) is 0. The normalized spacial score (nSPS) is 17.5. The quantitative estimate of drug-likeness (QED) is 0.795. The molecule has 1 aromatic carbocycles. The second kappa shape index (κ2) is 6.28. The van der Waals surface area contributed by atoms with E-state index in [1.807, 2.05) is 0 Å². The molecule has 2 nitrogen and oxygen atoms in total. The Labute approximate surface area is 123 Å². The van der Waals surface area contributed by atoms with E-state index >= 15 is 0 Å². The summed E-state index contributed by atoms with van der Waals surface area (Å²) in [6.07, 6.45) is 3.32. The summed E-state index contributed by atoms with van der Waals surface area (Å²) in [5.74, 6) is 1.45. The number of rotatable bonds is 7. The molecule has 1 saturated carbocycles. The van der Waals surface area contributed by atoms with E-state index < -0.39 is 6.10 Å². The highest BCUT2D eigenvalue weighted by molar-refractivity contribution is 5.24. The molecule has 112 valence electrons. The summed E-state index contributed by atoms with van der Waals surface area (Å²) in [6.45, 7) is 9.57. The highest BCUT2D eigenvalue weighted by Crippen LogP contribution is 2.39. The molecule has 0 aliphatic heterocycles. The second-order valence-electron chi connectivity index (χ2n) is 7.23. The van der Waals surface area contributed by atoms with E-state index in [1.165, 1.54) is 18.4 Å². The molecule has 0 radical (unpaired) electrons. The van der Waals surface area contributed by atoms with E-state index in [9.17, 15) is 5.11 Å². The lowest BCUT2D eigenvalue weighted by Crippen LogP contribution is -2.43. The Morgan fingerprint density at radius 1 is 1.20 bits per heavy atom. The van der Waals surface area contributed by atoms with Crippen LogP contribution >= 0.6 is 0 Å². The van der Waals surface area contributed by atoms with E-state index in [2.05, 4.69) is 57.3 Å². The zero-order valence-corrected chi connectivity index (χ0v) is 13.3. The van der Waals surface area contributed by atoms with Crippen LogP contribution in [0, 0.1) is 11.8 Å². The summed E-state index contributed by atoms with van der Waals surface area (Å²) in [5, 5.41) is 13.8. The van der Waals surface area contributed by atoms with Crippen LogP contribution in [0.5, 0.6) is 0 Å². The molecule has 1 fully saturated rings. The molecule has 1 aromatic rings. The van der Waals surface area contributed by atoms with Gasteiger partial charge < -0.3 is 10.4 Å². The molecule has 2 N–H and O–H groups in total. The van der Waals surface area contributed by atoms with Crippen molar-refractivity contribution in [3.63, 3.8) is 0 Å². The molecule has 1 aliphatic carbocycles. The zero-order valence-electron chi connectivity index (χ0n) is 13.3. The van der Waals surface area contributed by atoms with Crippen molar-refractivity contribution in [2.45, 2.75) is 58.6 Å². The summed E-state index contributed by atoms with van der Waals surface area (Å²) in [6, 6.07) is 8.41. The maximum absolute atomic E-state index is 10.3. The van der Waals surface area contributed by atoms with E-state index in [0.717, 1.165) is 17.9 Å². The van der Waals surface area contributed by atoms with Crippen molar-refractivity contribution in [3.8, 4) is 0 Å². The Balaban J connectivity index is 1.87. The first-order valence-electron chi connectivity index (χ1n) is 7.90. The molecule has 0 bridgehead atoms. The lowest BCUT2D eigenvalue weighted by atomic mass is 9.97. The van der Waals surface area contributed by atoms with Crippen LogP contribution in [-0.4, -0.2) is 17.2 Å². The molecular formula is C18H29NO. The predicted molar refractivity (Wildman–Crippen MR) is 84.7 cm³/mol. The first kappa shape index (κ1) is 15.5. The van der Waals surface area contributed by atoms with Gasteiger partial charge in [0, 0.05) is 12.1 Å². The standard InChI is InChI=1S/C18H29NO/c1-13(2)11-14-5-7-15(8-6-14)17(20)12-19-18(3,4)16-9-10-16/h5-8,13,16-17,19-20H,9-12H2,1-4H3. The topological polar surface area (TPSA) is 32.3 Å². The third-order valence-corrected chi connectivity index (χ3v) is 4.36. The lowest BCUT2D eigenvalue weighted by molar-refractivity contribution is 0.157. The van der Waals surface area contributed by atoms with Gasteiger partial charge in [0.2, 0.25) is 0 Å². The van der Waals surface area contributed by atoms with E-state index in [4.69, 9.17) is 0 Å². The fourth-order valence-electron chi connectivity index (χ4n) is 2.77. The van der Waals surface area contributed by atoms with Crippen molar-refractivity contribution in [3.05, 3.63) is 35.4 Å². The molecule has 0 amide bonds. The monoisotopic (exact) mass is 275 g/mol. The molecular weight excluding hydrogens is 246 g/mol. The zero-order chi connectivity index (χ0) is 14.8. The van der Waals surface area contributed by atoms with Crippen molar-refractivity contribution < 1.29 is 5.11 Å². The first-order chi connectivity index (χ1) is 9.38. The molecule has 1 atom stereocenters. The number of benzene rings is 1. The van der Waals surface area contributed by atoms with Gasteiger partial charge in [0.1, 0.15) is 0 Å². The van der Waals surface area contributed by atoms with Crippen LogP contribution in [0.15, 0.2) is 24.3 Å². The van der Waals surface area contributed by atoms with E-state index in [1.54, 1.807) is 0 Å². The van der Waals surface area contributed by atoms with Gasteiger partial charge in [0.25, 0.3) is 0 Å². The highest BCUT2D eigenvalue weighted by Gasteiger charge is 2.37. The Morgan fingerprint density at radius 2 is 1.80 bits per heavy atom. The number of nitrogens with one attached hydrogen (secondary N) is 1. The van der Waals surface area contributed by atoms with Gasteiger partial charge in [-0.15, -0.1) is 0 Å². The molecule has 0 saturated heterocycles. The molecule has 0 heterocycles. The molecule has 0 aromatic heterocycles. The van der Waals surface area contributed by atoms with Crippen molar-refractivity contribution in [1.29, 1.82) is 0 Å². The van der Waals surface area contributed by atoms with E-state index in [0.29, 0.717) is 12.5 Å². The van der Waals surface area contributed by atoms with Gasteiger partial charge in [-0.25, -0.2) is 0 Å². The SMILES string of the molecule is CC(C)Cc1ccc(C(O)CNC(C)(C)C2CC2)cc1. The Bertz CT molecular complexity index is 418. The van der Waals surface area contributed by atoms with Crippen LogP contribution in [-0.2, 0) is 6.42 Å². The number of hydrogen-bond acceptors (Lipinski definition) is 2. The summed E-state index contributed by atoms with van der Waals surface area (Å²) in [5.41, 5.74) is 2.51. The maximum Gasteiger partial charge on any atom is 0.0914 e. The van der Waals surface area contributed by atoms with Crippen molar-refractivity contribution in [1.82, 2.24) is 5.32 Å². The third kappa shape index (κ3) is 4.32. The second-order valence-corrected chi connectivity index (χ2v) is 7.23. The number of β-amino-alcohol motifs (C(OH)–C–C–N with tert-alkyl or cyclic N) is 1. The summed E-state index contributed by atoms with van der Waals surface area (Å²) < 4.78 is 0. The van der Waals surface area contributed by atoms with Gasteiger partial charge in [-0.3, -0.25) is 0 Å². The average Bonchev–Trinajstić information content (AvgIpc) is 3.21. The average molecular weight is 275 g/mol. The Morgan fingerprint density at radius 3 is 2.30 bits per heavy atom. The minimum atomic E-state index is -0.416. The fourth-order valence-corrected chi connectivity index (χ4v) is 2.77. The van der Waals surface area contributed by atoms with Gasteiger partial charge in [-0.1, -0.05) is 38.1 Å². The Kier molecular flexibility index (Phi) is 4.87. The third-order valence-electron chi connectivity index (χ3n) is 4.36. The van der Waals surface area contributed by atoms with Crippen LogP contribution in [0.25, 0.3) is 0 Å². The van der Waals surface area contributed by atoms with Crippen LogP contribution < -0.4 is 5.32 Å². The van der Waals surface area contributed by atoms with Gasteiger partial charge in [-0.05, 0) is 56.1 Å². The maximum atomic E-state index is 10.3. The predicted octanol–water partition coefficient (Wildman–Crippen LogP) is 3.70. The summed E-state index contributed by atoms with van der Waals surface area (Å²) in [4.78, 5) is 0. The van der Waals surface area contributed by atoms with Crippen LogP contribution in [0.4, 0.5) is 0 Å². The van der Waals surface area contributed by atoms with Crippen molar-refractivity contribution >= 4 is 0 Å². The van der Waals surface area contributed by atoms with Gasteiger partial charge in [-0.2, -0.15) is 0 Å². The van der Waals surface area contributed by atoms with Gasteiger partial charge >= 0.3 is 0 Å². The minimum absolute atomic E-state index is 0.151. The Hall–Kier alpha value is -0.860. The molecule has 0 spiro atoms. The van der Waals surface area contributed by atoms with E-state index in [-0.39, 0.29) is 5.54 Å². The van der Waals surface area contributed by atoms with Gasteiger partial charge in [0.05, 0.1) is 6.10 Å². The lowest BCUT2D eigenvalue weighted by Gasteiger charge is -2.28. The smallest absolute Gasteiger partial charge is 0.0914 e. The largest absolute Gasteiger partial charge is 0.387 e. The molecule has 1 unspecified atom stereocenters. The van der Waals surface area contributed by atoms with Crippen LogP contribution in [0.1, 0.15) is 57.8 Å². The van der Waals surface area contributed by atoms with Gasteiger partial charge in [0.15, 0.2) is 0 Å². The van der Waals surface area contributed by atoms with Crippen molar-refractivity contribution in [2.24, 2.45) is 11.8 Å².